The lowest BCUT2D eigenvalue weighted by atomic mass is 10.0. The minimum Gasteiger partial charge on any atom is -0.465 e. The van der Waals surface area contributed by atoms with Crippen LogP contribution in [0, 0.1) is 13.8 Å². The van der Waals surface area contributed by atoms with Crippen LogP contribution >= 0.6 is 12.2 Å². The first-order valence-corrected chi connectivity index (χ1v) is 10.9. The summed E-state index contributed by atoms with van der Waals surface area (Å²) in [5, 5.41) is 3.48. The Morgan fingerprint density at radius 3 is 2.67 bits per heavy atom. The molecule has 7 nitrogen and oxygen atoms in total. The van der Waals surface area contributed by atoms with Crippen LogP contribution in [0.2, 0.25) is 0 Å². The van der Waals surface area contributed by atoms with Gasteiger partial charge >= 0.3 is 5.97 Å². The number of thiocarbonyl (C=S) groups is 1. The molecule has 1 N–H and O–H groups in total. The first-order valence-electron chi connectivity index (χ1n) is 10.5. The van der Waals surface area contributed by atoms with Crippen LogP contribution in [0.4, 0.5) is 5.69 Å². The molecule has 2 amide bonds. The van der Waals surface area contributed by atoms with Gasteiger partial charge in [0.25, 0.3) is 11.8 Å². The van der Waals surface area contributed by atoms with Crippen LogP contribution in [-0.2, 0) is 25.7 Å². The number of aryl methyl sites for hydroxylation is 2. The molecule has 2 heterocycles. The van der Waals surface area contributed by atoms with Crippen molar-refractivity contribution in [2.24, 2.45) is 0 Å². The molecular weight excluding hydrogens is 438 g/mol. The largest absolute Gasteiger partial charge is 0.465 e. The summed E-state index contributed by atoms with van der Waals surface area (Å²) in [6.45, 7) is 5.87. The Kier molecular flexibility index (Phi) is 6.11. The van der Waals surface area contributed by atoms with E-state index in [4.69, 9.17) is 17.0 Å². The first kappa shape index (κ1) is 22.4. The standard InChI is InChI=1S/C25H23N3O4S/c1-4-32-22(29)14-27-13-17(18-7-5-6-8-20(18)27)12-19-23(30)26-25(33)28(24(19)31)21-11-15(2)9-10-16(21)3/h5-13H,4,14H2,1-3H3,(H,26,30,33)/b19-12+. The van der Waals surface area contributed by atoms with Crippen molar-refractivity contribution < 1.29 is 19.1 Å². The molecular formula is C25H23N3O4S. The molecule has 1 aliphatic heterocycles. The van der Waals surface area contributed by atoms with Crippen molar-refractivity contribution in [2.75, 3.05) is 11.5 Å². The average Bonchev–Trinajstić information content (AvgIpc) is 3.11. The van der Waals surface area contributed by atoms with Crippen LogP contribution in [0.25, 0.3) is 17.0 Å². The van der Waals surface area contributed by atoms with Gasteiger partial charge in [0.05, 0.1) is 12.3 Å². The zero-order valence-electron chi connectivity index (χ0n) is 18.5. The number of para-hydroxylation sites is 1. The maximum Gasteiger partial charge on any atom is 0.325 e. The second kappa shape index (κ2) is 8.99. The molecule has 3 aromatic rings. The molecule has 0 aliphatic carbocycles. The van der Waals surface area contributed by atoms with E-state index in [1.807, 2.05) is 56.3 Å². The third kappa shape index (κ3) is 4.29. The number of fused-ring (bicyclic) bond motifs is 1. The summed E-state index contributed by atoms with van der Waals surface area (Å²) in [5.74, 6) is -1.43. The Morgan fingerprint density at radius 1 is 1.15 bits per heavy atom. The van der Waals surface area contributed by atoms with Gasteiger partial charge in [0.15, 0.2) is 5.11 Å². The minimum absolute atomic E-state index is 0.0242. The van der Waals surface area contributed by atoms with Gasteiger partial charge in [-0.1, -0.05) is 30.3 Å². The molecule has 0 bridgehead atoms. The van der Waals surface area contributed by atoms with Crippen molar-refractivity contribution >= 4 is 57.8 Å². The van der Waals surface area contributed by atoms with E-state index in [9.17, 15) is 14.4 Å². The lowest BCUT2D eigenvalue weighted by Gasteiger charge is -2.30. The molecule has 0 unspecified atom stereocenters. The Hall–Kier alpha value is -3.78. The van der Waals surface area contributed by atoms with Gasteiger partial charge in [-0.05, 0) is 62.3 Å². The fourth-order valence-electron chi connectivity index (χ4n) is 3.86. The normalized spacial score (nSPS) is 15.3. The number of carbonyl (C=O) groups excluding carboxylic acids is 3. The second-order valence-corrected chi connectivity index (χ2v) is 8.17. The predicted molar refractivity (Wildman–Crippen MR) is 131 cm³/mol. The fraction of sp³-hybridized carbons (Fsp3) is 0.200. The van der Waals surface area contributed by atoms with Crippen molar-refractivity contribution in [3.63, 3.8) is 0 Å². The number of benzene rings is 2. The van der Waals surface area contributed by atoms with E-state index in [2.05, 4.69) is 5.32 Å². The monoisotopic (exact) mass is 461 g/mol. The fourth-order valence-corrected chi connectivity index (χ4v) is 4.13. The molecule has 1 saturated heterocycles. The molecule has 8 heteroatoms. The number of hydrogen-bond acceptors (Lipinski definition) is 5. The third-order valence-electron chi connectivity index (χ3n) is 5.43. The van der Waals surface area contributed by atoms with Crippen LogP contribution in [-0.4, -0.2) is 34.1 Å². The summed E-state index contributed by atoms with van der Waals surface area (Å²) in [6, 6.07) is 13.2. The van der Waals surface area contributed by atoms with E-state index >= 15 is 0 Å². The molecule has 1 fully saturated rings. The Labute approximate surface area is 196 Å². The van der Waals surface area contributed by atoms with Gasteiger partial charge in [0, 0.05) is 22.7 Å². The smallest absolute Gasteiger partial charge is 0.325 e. The van der Waals surface area contributed by atoms with Gasteiger partial charge in [-0.25, -0.2) is 0 Å². The maximum absolute atomic E-state index is 13.4. The van der Waals surface area contributed by atoms with Crippen molar-refractivity contribution in [3.8, 4) is 0 Å². The number of ether oxygens (including phenoxy) is 1. The molecule has 1 aromatic heterocycles. The topological polar surface area (TPSA) is 80.6 Å². The highest BCUT2D eigenvalue weighted by atomic mass is 32.1. The Balaban J connectivity index is 1.79. The second-order valence-electron chi connectivity index (χ2n) is 7.78. The van der Waals surface area contributed by atoms with Crippen LogP contribution in [0.5, 0.6) is 0 Å². The lowest BCUT2D eigenvalue weighted by Crippen LogP contribution is -2.54. The third-order valence-corrected chi connectivity index (χ3v) is 5.72. The minimum atomic E-state index is -0.561. The van der Waals surface area contributed by atoms with Gasteiger partial charge in [-0.15, -0.1) is 0 Å². The molecule has 2 aromatic carbocycles. The molecule has 0 radical (unpaired) electrons. The van der Waals surface area contributed by atoms with E-state index < -0.39 is 11.8 Å². The summed E-state index contributed by atoms with van der Waals surface area (Å²) in [5.41, 5.74) is 3.85. The number of anilines is 1. The molecule has 33 heavy (non-hydrogen) atoms. The van der Waals surface area contributed by atoms with Crippen molar-refractivity contribution in [1.29, 1.82) is 0 Å². The number of amides is 2. The van der Waals surface area contributed by atoms with Crippen molar-refractivity contribution in [3.05, 3.63) is 70.9 Å². The quantitative estimate of drug-likeness (QED) is 0.272. The number of esters is 1. The number of rotatable bonds is 5. The van der Waals surface area contributed by atoms with Crippen LogP contribution in [0.15, 0.2) is 54.2 Å². The van der Waals surface area contributed by atoms with Gasteiger partial charge in [-0.3, -0.25) is 24.6 Å². The highest BCUT2D eigenvalue weighted by molar-refractivity contribution is 7.80. The lowest BCUT2D eigenvalue weighted by molar-refractivity contribution is -0.143. The van der Waals surface area contributed by atoms with Gasteiger partial charge < -0.3 is 9.30 Å². The van der Waals surface area contributed by atoms with E-state index in [1.165, 1.54) is 4.90 Å². The van der Waals surface area contributed by atoms with Crippen LogP contribution in [0.3, 0.4) is 0 Å². The summed E-state index contributed by atoms with van der Waals surface area (Å²) >= 11 is 5.33. The van der Waals surface area contributed by atoms with E-state index in [0.29, 0.717) is 11.3 Å². The summed E-state index contributed by atoms with van der Waals surface area (Å²) in [6.07, 6.45) is 3.28. The highest BCUT2D eigenvalue weighted by Gasteiger charge is 2.35. The van der Waals surface area contributed by atoms with Gasteiger partial charge in [0.1, 0.15) is 12.1 Å². The number of aromatic nitrogens is 1. The highest BCUT2D eigenvalue weighted by Crippen LogP contribution is 2.28. The summed E-state index contributed by atoms with van der Waals surface area (Å²) in [7, 11) is 0. The summed E-state index contributed by atoms with van der Waals surface area (Å²) in [4.78, 5) is 39.6. The van der Waals surface area contributed by atoms with Crippen molar-refractivity contribution in [2.45, 2.75) is 27.3 Å². The number of hydrogen-bond donors (Lipinski definition) is 1. The predicted octanol–water partition coefficient (Wildman–Crippen LogP) is 3.65. The Bertz CT molecular complexity index is 1340. The first-order chi connectivity index (χ1) is 15.8. The number of nitrogens with zero attached hydrogens (tertiary/aromatic N) is 2. The molecule has 168 valence electrons. The van der Waals surface area contributed by atoms with Crippen LogP contribution < -0.4 is 10.2 Å². The van der Waals surface area contributed by atoms with Crippen molar-refractivity contribution in [1.82, 2.24) is 9.88 Å². The molecule has 0 spiro atoms. The average molecular weight is 462 g/mol. The number of carbonyl (C=O) groups is 3. The van der Waals surface area contributed by atoms with Gasteiger partial charge in [0.2, 0.25) is 0 Å². The van der Waals surface area contributed by atoms with E-state index in [1.54, 1.807) is 23.8 Å². The number of nitrogens with one attached hydrogen (secondary N) is 1. The van der Waals surface area contributed by atoms with E-state index in [-0.39, 0.29) is 29.8 Å². The molecule has 0 atom stereocenters. The maximum atomic E-state index is 13.4. The summed E-state index contributed by atoms with van der Waals surface area (Å²) < 4.78 is 6.82. The van der Waals surface area contributed by atoms with Crippen LogP contribution in [0.1, 0.15) is 23.6 Å². The molecule has 1 aliphatic rings. The van der Waals surface area contributed by atoms with E-state index in [0.717, 1.165) is 22.0 Å². The zero-order chi connectivity index (χ0) is 23.7. The zero-order valence-corrected chi connectivity index (χ0v) is 19.4. The molecule has 4 rings (SSSR count). The molecule has 0 saturated carbocycles. The van der Waals surface area contributed by atoms with Gasteiger partial charge in [-0.2, -0.15) is 0 Å². The SMILES string of the molecule is CCOC(=O)Cn1cc(/C=C2\C(=O)NC(=S)N(c3cc(C)ccc3C)C2=O)c2ccccc21. The Morgan fingerprint density at radius 2 is 1.91 bits per heavy atom.